The molecular formula is C18H17N3O3S. The number of carbonyl (C=O) groups excluding carboxylic acids is 1. The van der Waals surface area contributed by atoms with Gasteiger partial charge in [-0.05, 0) is 48.9 Å². The van der Waals surface area contributed by atoms with E-state index in [1.807, 2.05) is 55.5 Å². The lowest BCUT2D eigenvalue weighted by molar-refractivity contribution is -0.118. The standard InChI is InChI=1S/C18H17N3O3S/c1-12(13-7-9-14(23-2)10-8-13)20-21-17(22)11-25-18-19-15-5-3-4-6-16(15)24-18/h3-10H,11H2,1-2H3,(H,21,22)/b20-12-. The number of hydrazone groups is 1. The van der Waals surface area contributed by atoms with E-state index < -0.39 is 0 Å². The number of nitrogens with one attached hydrogen (secondary N) is 1. The fourth-order valence-electron chi connectivity index (χ4n) is 2.12. The average Bonchev–Trinajstić information content (AvgIpc) is 3.07. The second-order valence-corrected chi connectivity index (χ2v) is 6.12. The summed E-state index contributed by atoms with van der Waals surface area (Å²) in [5, 5.41) is 4.58. The van der Waals surface area contributed by atoms with Crippen molar-refractivity contribution < 1.29 is 13.9 Å². The molecule has 7 heteroatoms. The van der Waals surface area contributed by atoms with Crippen LogP contribution < -0.4 is 10.2 Å². The Labute approximate surface area is 149 Å². The number of methoxy groups -OCH3 is 1. The Kier molecular flexibility index (Phi) is 5.35. The predicted molar refractivity (Wildman–Crippen MR) is 98.1 cm³/mol. The summed E-state index contributed by atoms with van der Waals surface area (Å²) in [6.45, 7) is 1.83. The topological polar surface area (TPSA) is 76.7 Å². The molecule has 0 atom stereocenters. The monoisotopic (exact) mass is 355 g/mol. The first kappa shape index (κ1) is 17.0. The molecule has 0 fully saturated rings. The quantitative estimate of drug-likeness (QED) is 0.416. The Morgan fingerprint density at radius 1 is 1.24 bits per heavy atom. The molecule has 3 rings (SSSR count). The molecule has 0 bridgehead atoms. The van der Waals surface area contributed by atoms with E-state index in [2.05, 4.69) is 15.5 Å². The first-order valence-electron chi connectivity index (χ1n) is 7.61. The predicted octanol–water partition coefficient (Wildman–Crippen LogP) is 3.47. The minimum Gasteiger partial charge on any atom is -0.497 e. The number of fused-ring (bicyclic) bond motifs is 1. The Hall–Kier alpha value is -2.80. The average molecular weight is 355 g/mol. The minimum absolute atomic E-state index is 0.173. The minimum atomic E-state index is -0.222. The number of oxazole rings is 1. The highest BCUT2D eigenvalue weighted by molar-refractivity contribution is 7.99. The SMILES string of the molecule is COc1ccc(/C(C)=N\NC(=O)CSc2nc3ccccc3o2)cc1. The molecule has 0 aliphatic carbocycles. The van der Waals surface area contributed by atoms with Crippen molar-refractivity contribution in [3.8, 4) is 5.75 Å². The van der Waals surface area contributed by atoms with Gasteiger partial charge in [-0.1, -0.05) is 23.9 Å². The number of thioether (sulfide) groups is 1. The van der Waals surface area contributed by atoms with Crippen LogP contribution in [0.15, 0.2) is 63.3 Å². The number of amides is 1. The number of aromatic nitrogens is 1. The van der Waals surface area contributed by atoms with Crippen LogP contribution in [0, 0.1) is 0 Å². The van der Waals surface area contributed by atoms with Gasteiger partial charge in [-0.2, -0.15) is 5.10 Å². The van der Waals surface area contributed by atoms with Crippen LogP contribution in [0.4, 0.5) is 0 Å². The summed E-state index contributed by atoms with van der Waals surface area (Å²) in [7, 11) is 1.62. The number of benzene rings is 2. The molecular weight excluding hydrogens is 338 g/mol. The lowest BCUT2D eigenvalue weighted by atomic mass is 10.1. The molecule has 0 aliphatic rings. The molecule has 128 valence electrons. The van der Waals surface area contributed by atoms with E-state index in [0.29, 0.717) is 16.5 Å². The van der Waals surface area contributed by atoms with Gasteiger partial charge in [-0.3, -0.25) is 4.79 Å². The maximum Gasteiger partial charge on any atom is 0.257 e. The van der Waals surface area contributed by atoms with Gasteiger partial charge in [0.25, 0.3) is 11.1 Å². The number of hydrogen-bond donors (Lipinski definition) is 1. The van der Waals surface area contributed by atoms with Crippen LogP contribution in [0.2, 0.25) is 0 Å². The van der Waals surface area contributed by atoms with Gasteiger partial charge in [0.05, 0.1) is 18.6 Å². The van der Waals surface area contributed by atoms with E-state index in [4.69, 9.17) is 9.15 Å². The van der Waals surface area contributed by atoms with Crippen molar-refractivity contribution in [2.75, 3.05) is 12.9 Å². The van der Waals surface area contributed by atoms with Gasteiger partial charge in [-0.15, -0.1) is 0 Å². The van der Waals surface area contributed by atoms with Crippen molar-refractivity contribution in [3.05, 3.63) is 54.1 Å². The Morgan fingerprint density at radius 2 is 2.00 bits per heavy atom. The zero-order valence-electron chi connectivity index (χ0n) is 13.9. The van der Waals surface area contributed by atoms with Crippen molar-refractivity contribution in [1.82, 2.24) is 10.4 Å². The molecule has 6 nitrogen and oxygen atoms in total. The van der Waals surface area contributed by atoms with Crippen molar-refractivity contribution in [1.29, 1.82) is 0 Å². The number of rotatable bonds is 6. The van der Waals surface area contributed by atoms with Crippen LogP contribution in [0.3, 0.4) is 0 Å². The van der Waals surface area contributed by atoms with E-state index >= 15 is 0 Å². The van der Waals surface area contributed by atoms with Gasteiger partial charge >= 0.3 is 0 Å². The van der Waals surface area contributed by atoms with Crippen molar-refractivity contribution in [3.63, 3.8) is 0 Å². The molecule has 2 aromatic carbocycles. The molecule has 3 aromatic rings. The summed E-state index contributed by atoms with van der Waals surface area (Å²) in [5.41, 5.74) is 5.65. The number of ether oxygens (including phenoxy) is 1. The fourth-order valence-corrected chi connectivity index (χ4v) is 2.75. The van der Waals surface area contributed by atoms with Crippen LogP contribution in [-0.2, 0) is 4.79 Å². The molecule has 0 saturated carbocycles. The largest absolute Gasteiger partial charge is 0.497 e. The summed E-state index contributed by atoms with van der Waals surface area (Å²) in [6.07, 6.45) is 0. The summed E-state index contributed by atoms with van der Waals surface area (Å²) in [4.78, 5) is 16.3. The molecule has 1 amide bonds. The third-order valence-electron chi connectivity index (χ3n) is 3.46. The first-order valence-corrected chi connectivity index (χ1v) is 8.60. The van der Waals surface area contributed by atoms with E-state index in [1.165, 1.54) is 11.8 Å². The summed E-state index contributed by atoms with van der Waals surface area (Å²) >= 11 is 1.23. The van der Waals surface area contributed by atoms with Gasteiger partial charge in [0.2, 0.25) is 0 Å². The van der Waals surface area contributed by atoms with Crippen LogP contribution >= 0.6 is 11.8 Å². The maximum atomic E-state index is 11.9. The molecule has 0 saturated heterocycles. The first-order chi connectivity index (χ1) is 12.2. The molecule has 0 spiro atoms. The Balaban J connectivity index is 1.54. The van der Waals surface area contributed by atoms with E-state index in [0.717, 1.165) is 16.8 Å². The van der Waals surface area contributed by atoms with Crippen molar-refractivity contribution in [2.45, 2.75) is 12.1 Å². The van der Waals surface area contributed by atoms with Crippen LogP contribution in [-0.4, -0.2) is 29.5 Å². The fraction of sp³-hybridized carbons (Fsp3) is 0.167. The third kappa shape index (κ3) is 4.39. The molecule has 0 radical (unpaired) electrons. The lowest BCUT2D eigenvalue weighted by Crippen LogP contribution is -2.21. The zero-order valence-corrected chi connectivity index (χ0v) is 14.7. The van der Waals surface area contributed by atoms with Gasteiger partial charge < -0.3 is 9.15 Å². The second kappa shape index (κ2) is 7.85. The Morgan fingerprint density at radius 3 is 2.72 bits per heavy atom. The summed E-state index contributed by atoms with van der Waals surface area (Å²) < 4.78 is 10.7. The highest BCUT2D eigenvalue weighted by Gasteiger charge is 2.09. The van der Waals surface area contributed by atoms with Crippen molar-refractivity contribution >= 4 is 34.5 Å². The number of hydrogen-bond acceptors (Lipinski definition) is 6. The van der Waals surface area contributed by atoms with Crippen LogP contribution in [0.5, 0.6) is 5.75 Å². The van der Waals surface area contributed by atoms with E-state index in [9.17, 15) is 4.79 Å². The highest BCUT2D eigenvalue weighted by Crippen LogP contribution is 2.22. The molecule has 1 aromatic heterocycles. The molecule has 0 aliphatic heterocycles. The maximum absolute atomic E-state index is 11.9. The highest BCUT2D eigenvalue weighted by atomic mass is 32.2. The Bertz CT molecular complexity index is 870. The summed E-state index contributed by atoms with van der Waals surface area (Å²) in [6, 6.07) is 14.9. The normalized spacial score (nSPS) is 11.5. The second-order valence-electron chi connectivity index (χ2n) is 5.20. The third-order valence-corrected chi connectivity index (χ3v) is 4.29. The smallest absolute Gasteiger partial charge is 0.257 e. The molecule has 25 heavy (non-hydrogen) atoms. The van der Waals surface area contributed by atoms with Crippen molar-refractivity contribution in [2.24, 2.45) is 5.10 Å². The van der Waals surface area contributed by atoms with Gasteiger partial charge in [0.1, 0.15) is 11.3 Å². The lowest BCUT2D eigenvalue weighted by Gasteiger charge is -2.04. The molecule has 1 N–H and O–H groups in total. The zero-order chi connectivity index (χ0) is 17.6. The van der Waals surface area contributed by atoms with Gasteiger partial charge in [0, 0.05) is 0 Å². The number of nitrogens with zero attached hydrogens (tertiary/aromatic N) is 2. The molecule has 0 unspecified atom stereocenters. The number of carbonyl (C=O) groups is 1. The molecule has 1 heterocycles. The van der Waals surface area contributed by atoms with E-state index in [-0.39, 0.29) is 11.7 Å². The van der Waals surface area contributed by atoms with Gasteiger partial charge in [-0.25, -0.2) is 10.4 Å². The van der Waals surface area contributed by atoms with E-state index in [1.54, 1.807) is 7.11 Å². The van der Waals surface area contributed by atoms with Crippen LogP contribution in [0.1, 0.15) is 12.5 Å². The summed E-state index contributed by atoms with van der Waals surface area (Å²) in [5.74, 6) is 0.724. The number of para-hydroxylation sites is 2. The van der Waals surface area contributed by atoms with Crippen LogP contribution in [0.25, 0.3) is 11.1 Å². The van der Waals surface area contributed by atoms with Gasteiger partial charge in [0.15, 0.2) is 5.58 Å².